The number of carbonyl (C=O) groups is 2. The Kier molecular flexibility index (Phi) is 4.76. The van der Waals surface area contributed by atoms with Gasteiger partial charge in [-0.15, -0.1) is 0 Å². The summed E-state index contributed by atoms with van der Waals surface area (Å²) in [5, 5.41) is 8.88. The van der Waals surface area contributed by atoms with E-state index in [4.69, 9.17) is 14.6 Å². The van der Waals surface area contributed by atoms with Crippen molar-refractivity contribution in [1.29, 1.82) is 0 Å². The summed E-state index contributed by atoms with van der Waals surface area (Å²) < 4.78 is 10.6. The molecule has 2 rings (SSSR count). The molecule has 1 aliphatic heterocycles. The summed E-state index contributed by atoms with van der Waals surface area (Å²) >= 11 is 0. The van der Waals surface area contributed by atoms with E-state index < -0.39 is 5.97 Å². The predicted molar refractivity (Wildman–Crippen MR) is 66.7 cm³/mol. The molecule has 6 heteroatoms. The van der Waals surface area contributed by atoms with E-state index in [1.165, 1.54) is 12.8 Å². The van der Waals surface area contributed by atoms with Crippen LogP contribution in [0.4, 0.5) is 0 Å². The number of carbonyl (C=O) groups excluding carboxylic acids is 1. The van der Waals surface area contributed by atoms with Gasteiger partial charge in [0.25, 0.3) is 0 Å². The molecule has 2 unspecified atom stereocenters. The standard InChI is InChI=1S/C13H21NO5/c1-18-11-4-10(5-13(16)17)14(6-11)12(15)8-19-7-9-2-3-9/h9-11H,2-8H2,1H3,(H,16,17). The van der Waals surface area contributed by atoms with Crippen molar-refractivity contribution in [3.8, 4) is 0 Å². The van der Waals surface area contributed by atoms with Crippen molar-refractivity contribution in [3.05, 3.63) is 0 Å². The number of likely N-dealkylation sites (tertiary alicyclic amines) is 1. The summed E-state index contributed by atoms with van der Waals surface area (Å²) in [4.78, 5) is 24.5. The van der Waals surface area contributed by atoms with Crippen LogP contribution in [-0.2, 0) is 19.1 Å². The first-order chi connectivity index (χ1) is 9.10. The number of rotatable bonds is 7. The highest BCUT2D eigenvalue weighted by molar-refractivity contribution is 5.79. The molecule has 19 heavy (non-hydrogen) atoms. The van der Waals surface area contributed by atoms with Gasteiger partial charge in [0.2, 0.25) is 5.91 Å². The molecule has 108 valence electrons. The maximum Gasteiger partial charge on any atom is 0.305 e. The number of ether oxygens (including phenoxy) is 2. The molecular formula is C13H21NO5. The van der Waals surface area contributed by atoms with Crippen molar-refractivity contribution in [3.63, 3.8) is 0 Å². The van der Waals surface area contributed by atoms with Crippen LogP contribution in [0.3, 0.4) is 0 Å². The summed E-state index contributed by atoms with van der Waals surface area (Å²) in [6, 6.07) is -0.278. The van der Waals surface area contributed by atoms with Crippen molar-refractivity contribution in [2.75, 3.05) is 26.9 Å². The number of methoxy groups -OCH3 is 1. The lowest BCUT2D eigenvalue weighted by Gasteiger charge is -2.23. The van der Waals surface area contributed by atoms with Crippen molar-refractivity contribution in [2.24, 2.45) is 5.92 Å². The summed E-state index contributed by atoms with van der Waals surface area (Å²) in [5.74, 6) is -0.405. The van der Waals surface area contributed by atoms with E-state index in [9.17, 15) is 9.59 Å². The molecule has 1 saturated heterocycles. The number of carboxylic acid groups (broad SMARTS) is 1. The monoisotopic (exact) mass is 271 g/mol. The van der Waals surface area contributed by atoms with Crippen LogP contribution in [0, 0.1) is 5.92 Å². The second-order valence-electron chi connectivity index (χ2n) is 5.35. The third kappa shape index (κ3) is 4.18. The molecule has 6 nitrogen and oxygen atoms in total. The third-order valence-corrected chi connectivity index (χ3v) is 3.72. The van der Waals surface area contributed by atoms with Gasteiger partial charge in [-0.3, -0.25) is 9.59 Å². The molecule has 0 bridgehead atoms. The van der Waals surface area contributed by atoms with E-state index in [-0.39, 0.29) is 31.1 Å². The van der Waals surface area contributed by atoms with Crippen LogP contribution in [-0.4, -0.2) is 60.9 Å². The summed E-state index contributed by atoms with van der Waals surface area (Å²) in [6.07, 6.45) is 2.85. The van der Waals surface area contributed by atoms with Gasteiger partial charge in [-0.25, -0.2) is 0 Å². The van der Waals surface area contributed by atoms with Gasteiger partial charge in [0.1, 0.15) is 6.61 Å². The second kappa shape index (κ2) is 6.34. The van der Waals surface area contributed by atoms with Gasteiger partial charge in [0, 0.05) is 19.7 Å². The summed E-state index contributed by atoms with van der Waals surface area (Å²) in [5.41, 5.74) is 0. The molecule has 2 fully saturated rings. The number of aliphatic carboxylic acids is 1. The Bertz CT molecular complexity index is 342. The van der Waals surface area contributed by atoms with Crippen LogP contribution in [0.5, 0.6) is 0 Å². The molecule has 2 aliphatic rings. The molecule has 1 amide bonds. The van der Waals surface area contributed by atoms with Crippen LogP contribution in [0.2, 0.25) is 0 Å². The van der Waals surface area contributed by atoms with Crippen molar-refractivity contribution < 1.29 is 24.2 Å². The van der Waals surface area contributed by atoms with E-state index >= 15 is 0 Å². The Morgan fingerprint density at radius 2 is 2.11 bits per heavy atom. The van der Waals surface area contributed by atoms with E-state index in [2.05, 4.69) is 0 Å². The molecule has 0 radical (unpaired) electrons. The lowest BCUT2D eigenvalue weighted by atomic mass is 10.1. The maximum atomic E-state index is 12.1. The minimum atomic E-state index is -0.890. The first-order valence-electron chi connectivity index (χ1n) is 6.72. The number of nitrogens with zero attached hydrogens (tertiary/aromatic N) is 1. The average Bonchev–Trinajstić information content (AvgIpc) is 3.08. The Morgan fingerprint density at radius 3 is 2.68 bits per heavy atom. The topological polar surface area (TPSA) is 76.1 Å². The number of hydrogen-bond acceptors (Lipinski definition) is 4. The number of hydrogen-bond donors (Lipinski definition) is 1. The predicted octanol–water partition coefficient (Wildman–Crippen LogP) is 0.504. The van der Waals surface area contributed by atoms with Crippen molar-refractivity contribution in [2.45, 2.75) is 37.8 Å². The van der Waals surface area contributed by atoms with Crippen LogP contribution in [0.1, 0.15) is 25.7 Å². The fourth-order valence-electron chi connectivity index (χ4n) is 2.43. The molecule has 0 aromatic rings. The zero-order valence-corrected chi connectivity index (χ0v) is 11.2. The van der Waals surface area contributed by atoms with E-state index in [0.717, 1.165) is 0 Å². The molecule has 1 heterocycles. The second-order valence-corrected chi connectivity index (χ2v) is 5.35. The largest absolute Gasteiger partial charge is 0.481 e. The maximum absolute atomic E-state index is 12.1. The molecule has 0 aromatic heterocycles. The SMILES string of the molecule is COC1CC(CC(=O)O)N(C(=O)COCC2CC2)C1. The smallest absolute Gasteiger partial charge is 0.305 e. The van der Waals surface area contributed by atoms with Crippen LogP contribution in [0.15, 0.2) is 0 Å². The van der Waals surface area contributed by atoms with Crippen LogP contribution < -0.4 is 0 Å². The number of carboxylic acids is 1. The molecule has 1 saturated carbocycles. The molecule has 0 aromatic carbocycles. The van der Waals surface area contributed by atoms with E-state index in [1.807, 2.05) is 0 Å². The zero-order chi connectivity index (χ0) is 13.8. The van der Waals surface area contributed by atoms with Crippen LogP contribution >= 0.6 is 0 Å². The third-order valence-electron chi connectivity index (χ3n) is 3.72. The molecule has 2 atom stereocenters. The van der Waals surface area contributed by atoms with Gasteiger partial charge in [-0.2, -0.15) is 0 Å². The minimum absolute atomic E-state index is 0.0335. The first kappa shape index (κ1) is 14.3. The quantitative estimate of drug-likeness (QED) is 0.730. The van der Waals surface area contributed by atoms with E-state index in [0.29, 0.717) is 25.5 Å². The Labute approximate surface area is 112 Å². The van der Waals surface area contributed by atoms with Crippen molar-refractivity contribution in [1.82, 2.24) is 4.90 Å². The highest BCUT2D eigenvalue weighted by Gasteiger charge is 2.36. The van der Waals surface area contributed by atoms with E-state index in [1.54, 1.807) is 12.0 Å². The fraction of sp³-hybridized carbons (Fsp3) is 0.846. The highest BCUT2D eigenvalue weighted by atomic mass is 16.5. The lowest BCUT2D eigenvalue weighted by Crippen LogP contribution is -2.39. The molecule has 1 N–H and O–H groups in total. The zero-order valence-electron chi connectivity index (χ0n) is 11.2. The van der Waals surface area contributed by atoms with Crippen molar-refractivity contribution >= 4 is 11.9 Å². The molecular weight excluding hydrogens is 250 g/mol. The summed E-state index contributed by atoms with van der Waals surface area (Å²) in [7, 11) is 1.58. The van der Waals surface area contributed by atoms with Gasteiger partial charge in [-0.1, -0.05) is 0 Å². The Balaban J connectivity index is 1.82. The lowest BCUT2D eigenvalue weighted by molar-refractivity contribution is -0.141. The summed E-state index contributed by atoms with van der Waals surface area (Å²) in [6.45, 7) is 1.14. The highest BCUT2D eigenvalue weighted by Crippen LogP contribution is 2.29. The normalized spacial score (nSPS) is 26.7. The fourth-order valence-corrected chi connectivity index (χ4v) is 2.43. The first-order valence-corrected chi connectivity index (χ1v) is 6.72. The van der Waals surface area contributed by atoms with Gasteiger partial charge in [0.15, 0.2) is 0 Å². The molecule has 1 aliphatic carbocycles. The Hall–Kier alpha value is -1.14. The molecule has 0 spiro atoms. The Morgan fingerprint density at radius 1 is 1.37 bits per heavy atom. The van der Waals surface area contributed by atoms with Gasteiger partial charge in [-0.05, 0) is 25.2 Å². The van der Waals surface area contributed by atoms with Gasteiger partial charge in [0.05, 0.1) is 19.1 Å². The minimum Gasteiger partial charge on any atom is -0.481 e. The average molecular weight is 271 g/mol. The number of amides is 1. The van der Waals surface area contributed by atoms with Gasteiger partial charge >= 0.3 is 5.97 Å². The van der Waals surface area contributed by atoms with Gasteiger partial charge < -0.3 is 19.5 Å². The van der Waals surface area contributed by atoms with Crippen LogP contribution in [0.25, 0.3) is 0 Å².